The van der Waals surface area contributed by atoms with E-state index in [1.165, 1.54) is 22.8 Å². The second-order valence-corrected chi connectivity index (χ2v) is 8.86. The molecule has 1 amide bonds. The molecule has 0 radical (unpaired) electrons. The Kier molecular flexibility index (Phi) is 7.68. The first kappa shape index (κ1) is 24.7. The molecule has 0 aliphatic heterocycles. The van der Waals surface area contributed by atoms with E-state index in [1.54, 1.807) is 30.3 Å². The first-order valence-electron chi connectivity index (χ1n) is 11.0. The predicted octanol–water partition coefficient (Wildman–Crippen LogP) is 4.75. The molecule has 0 atom stereocenters. The van der Waals surface area contributed by atoms with Gasteiger partial charge in [-0.3, -0.25) is 18.7 Å². The van der Waals surface area contributed by atoms with Crippen molar-refractivity contribution in [1.82, 2.24) is 14.5 Å². The lowest BCUT2D eigenvalue weighted by Gasteiger charge is -2.15. The summed E-state index contributed by atoms with van der Waals surface area (Å²) in [6.07, 6.45) is 0.423. The van der Waals surface area contributed by atoms with E-state index in [-0.39, 0.29) is 30.4 Å². The third kappa shape index (κ3) is 5.63. The number of halogens is 3. The number of hydrogen-bond donors (Lipinski definition) is 1. The topological polar surface area (TPSA) is 73.1 Å². The van der Waals surface area contributed by atoms with Gasteiger partial charge in [0.1, 0.15) is 5.82 Å². The maximum atomic E-state index is 13.5. The Balaban J connectivity index is 1.54. The highest BCUT2D eigenvalue weighted by molar-refractivity contribution is 6.31. The summed E-state index contributed by atoms with van der Waals surface area (Å²) in [6.45, 7) is 0.426. The number of nitrogens with one attached hydrogen (secondary N) is 1. The van der Waals surface area contributed by atoms with E-state index < -0.39 is 17.1 Å². The van der Waals surface area contributed by atoms with Crippen LogP contribution < -0.4 is 16.6 Å². The summed E-state index contributed by atoms with van der Waals surface area (Å²) in [5.41, 5.74) is 0.853. The average molecular weight is 514 g/mol. The van der Waals surface area contributed by atoms with Crippen molar-refractivity contribution in [3.63, 3.8) is 0 Å². The Morgan fingerprint density at radius 3 is 2.40 bits per heavy atom. The van der Waals surface area contributed by atoms with Gasteiger partial charge in [0, 0.05) is 29.6 Å². The second-order valence-electron chi connectivity index (χ2n) is 8.05. The number of rotatable bonds is 8. The molecule has 6 nitrogen and oxygen atoms in total. The van der Waals surface area contributed by atoms with Gasteiger partial charge >= 0.3 is 5.69 Å². The van der Waals surface area contributed by atoms with E-state index in [9.17, 15) is 18.8 Å². The fourth-order valence-corrected chi connectivity index (χ4v) is 4.29. The van der Waals surface area contributed by atoms with Gasteiger partial charge in [-0.2, -0.15) is 0 Å². The number of amides is 1. The summed E-state index contributed by atoms with van der Waals surface area (Å²) in [7, 11) is 0. The highest BCUT2D eigenvalue weighted by Crippen LogP contribution is 2.19. The van der Waals surface area contributed by atoms with Crippen LogP contribution in [0.2, 0.25) is 10.0 Å². The first-order chi connectivity index (χ1) is 16.8. The molecule has 180 valence electrons. The molecule has 1 aromatic heterocycles. The number of carbonyl (C=O) groups is 1. The van der Waals surface area contributed by atoms with Gasteiger partial charge in [0.25, 0.3) is 5.56 Å². The van der Waals surface area contributed by atoms with Crippen molar-refractivity contribution in [1.29, 1.82) is 0 Å². The van der Waals surface area contributed by atoms with Crippen molar-refractivity contribution in [2.45, 2.75) is 32.5 Å². The van der Waals surface area contributed by atoms with Crippen molar-refractivity contribution in [2.24, 2.45) is 0 Å². The molecule has 4 rings (SSSR count). The van der Waals surface area contributed by atoms with Crippen molar-refractivity contribution in [2.75, 3.05) is 0 Å². The zero-order chi connectivity index (χ0) is 24.9. The lowest BCUT2D eigenvalue weighted by molar-refractivity contribution is -0.121. The summed E-state index contributed by atoms with van der Waals surface area (Å²) in [4.78, 5) is 38.7. The van der Waals surface area contributed by atoms with Crippen molar-refractivity contribution in [3.05, 3.63) is 115 Å². The van der Waals surface area contributed by atoms with Crippen LogP contribution in [0.5, 0.6) is 0 Å². The van der Waals surface area contributed by atoms with Gasteiger partial charge in [0.15, 0.2) is 0 Å². The lowest BCUT2D eigenvalue weighted by Crippen LogP contribution is -2.40. The van der Waals surface area contributed by atoms with Crippen molar-refractivity contribution in [3.8, 4) is 0 Å². The SMILES string of the molecule is O=C(CCCn1c(=O)c2ccccc2n(Cc2ccc(F)cc2Cl)c1=O)NCc1ccccc1Cl. The summed E-state index contributed by atoms with van der Waals surface area (Å²) < 4.78 is 16.0. The van der Waals surface area contributed by atoms with E-state index in [0.29, 0.717) is 34.5 Å². The number of para-hydroxylation sites is 1. The normalized spacial score (nSPS) is 11.1. The van der Waals surface area contributed by atoms with Crippen molar-refractivity contribution < 1.29 is 9.18 Å². The fraction of sp³-hybridized carbons (Fsp3) is 0.192. The minimum absolute atomic E-state index is 0.0665. The van der Waals surface area contributed by atoms with Crippen LogP contribution in [0, 0.1) is 5.82 Å². The van der Waals surface area contributed by atoms with Crippen LogP contribution in [0.4, 0.5) is 4.39 Å². The maximum absolute atomic E-state index is 13.5. The van der Waals surface area contributed by atoms with E-state index >= 15 is 0 Å². The van der Waals surface area contributed by atoms with Gasteiger partial charge in [0.05, 0.1) is 17.4 Å². The van der Waals surface area contributed by atoms with Gasteiger partial charge < -0.3 is 5.32 Å². The molecule has 0 saturated carbocycles. The van der Waals surface area contributed by atoms with Crippen LogP contribution >= 0.6 is 23.2 Å². The van der Waals surface area contributed by atoms with E-state index in [0.717, 1.165) is 10.1 Å². The molecular formula is C26H22Cl2FN3O3. The van der Waals surface area contributed by atoms with Gasteiger partial charge in [-0.25, -0.2) is 9.18 Å². The molecule has 3 aromatic carbocycles. The van der Waals surface area contributed by atoms with Crippen LogP contribution in [0.25, 0.3) is 10.9 Å². The maximum Gasteiger partial charge on any atom is 0.331 e. The number of fused-ring (bicyclic) bond motifs is 1. The molecule has 0 saturated heterocycles. The molecule has 0 bridgehead atoms. The Bertz CT molecular complexity index is 1510. The molecule has 4 aromatic rings. The zero-order valence-electron chi connectivity index (χ0n) is 18.6. The smallest absolute Gasteiger partial charge is 0.331 e. The third-order valence-electron chi connectivity index (χ3n) is 5.70. The standard InChI is InChI=1S/C26H22Cl2FN3O3/c27-21-8-3-1-6-17(21)15-30-24(33)10-5-13-31-25(34)20-7-2-4-9-23(20)32(26(31)35)16-18-11-12-19(29)14-22(18)28/h1-4,6-9,11-12,14H,5,10,13,15-16H2,(H,30,33). The zero-order valence-corrected chi connectivity index (χ0v) is 20.2. The molecule has 1 N–H and O–H groups in total. The summed E-state index contributed by atoms with van der Waals surface area (Å²) in [5, 5.41) is 3.93. The number of carbonyl (C=O) groups excluding carboxylic acids is 1. The molecule has 0 aliphatic rings. The summed E-state index contributed by atoms with van der Waals surface area (Å²) in [5.74, 6) is -0.689. The summed E-state index contributed by atoms with van der Waals surface area (Å²) >= 11 is 12.3. The van der Waals surface area contributed by atoms with E-state index in [2.05, 4.69) is 5.32 Å². The van der Waals surface area contributed by atoms with E-state index in [1.807, 2.05) is 18.2 Å². The Morgan fingerprint density at radius 1 is 0.886 bits per heavy atom. The monoisotopic (exact) mass is 513 g/mol. The second kappa shape index (κ2) is 10.9. The van der Waals surface area contributed by atoms with Crippen molar-refractivity contribution >= 4 is 40.0 Å². The highest BCUT2D eigenvalue weighted by atomic mass is 35.5. The first-order valence-corrected chi connectivity index (χ1v) is 11.8. The van der Waals surface area contributed by atoms with Crippen LogP contribution in [-0.4, -0.2) is 15.0 Å². The number of nitrogens with zero attached hydrogens (tertiary/aromatic N) is 2. The van der Waals surface area contributed by atoms with Gasteiger partial charge in [0.2, 0.25) is 5.91 Å². The molecule has 0 aliphatic carbocycles. The number of benzene rings is 3. The Morgan fingerprint density at radius 2 is 1.63 bits per heavy atom. The van der Waals surface area contributed by atoms with Crippen LogP contribution in [0.1, 0.15) is 24.0 Å². The molecule has 0 spiro atoms. The van der Waals surface area contributed by atoms with Gasteiger partial charge in [-0.1, -0.05) is 59.6 Å². The Hall–Kier alpha value is -3.42. The Labute approximate surface area is 210 Å². The minimum Gasteiger partial charge on any atom is -0.352 e. The predicted molar refractivity (Wildman–Crippen MR) is 136 cm³/mol. The van der Waals surface area contributed by atoms with E-state index in [4.69, 9.17) is 23.2 Å². The molecule has 35 heavy (non-hydrogen) atoms. The largest absolute Gasteiger partial charge is 0.352 e. The molecule has 0 unspecified atom stereocenters. The highest BCUT2D eigenvalue weighted by Gasteiger charge is 2.15. The van der Waals surface area contributed by atoms with Crippen LogP contribution in [0.15, 0.2) is 76.3 Å². The molecule has 1 heterocycles. The number of aromatic nitrogens is 2. The molecule has 9 heteroatoms. The molecule has 0 fully saturated rings. The van der Waals surface area contributed by atoms with Crippen LogP contribution in [0.3, 0.4) is 0 Å². The average Bonchev–Trinajstić information content (AvgIpc) is 2.84. The van der Waals surface area contributed by atoms with Crippen LogP contribution in [-0.2, 0) is 24.4 Å². The number of hydrogen-bond acceptors (Lipinski definition) is 3. The van der Waals surface area contributed by atoms with Gasteiger partial charge in [-0.05, 0) is 47.9 Å². The molecular weight excluding hydrogens is 492 g/mol. The minimum atomic E-state index is -0.523. The van der Waals surface area contributed by atoms with Gasteiger partial charge in [-0.15, -0.1) is 0 Å². The fourth-order valence-electron chi connectivity index (χ4n) is 3.86. The summed E-state index contributed by atoms with van der Waals surface area (Å²) in [6, 6.07) is 18.0. The lowest BCUT2D eigenvalue weighted by atomic mass is 10.2. The third-order valence-corrected chi connectivity index (χ3v) is 6.42. The quantitative estimate of drug-likeness (QED) is 0.369.